The number of nitrogen functional groups attached to an aromatic ring is 1. The summed E-state index contributed by atoms with van der Waals surface area (Å²) in [6.45, 7) is 5.10. The fourth-order valence-electron chi connectivity index (χ4n) is 1.99. The first-order chi connectivity index (χ1) is 10.5. The Morgan fingerprint density at radius 2 is 1.91 bits per heavy atom. The SMILES string of the molecule is CCCC(C)N(C)Cc1c(N)cccc1C=O.O=CNC=O. The number of benzene rings is 1. The van der Waals surface area contributed by atoms with E-state index in [1.807, 2.05) is 18.2 Å². The average Bonchev–Trinajstić information content (AvgIpc) is 2.50. The van der Waals surface area contributed by atoms with Crippen LogP contribution in [0.1, 0.15) is 42.6 Å². The number of hydrogen-bond acceptors (Lipinski definition) is 5. The van der Waals surface area contributed by atoms with Crippen molar-refractivity contribution < 1.29 is 14.4 Å². The third-order valence-corrected chi connectivity index (χ3v) is 3.38. The number of amides is 2. The summed E-state index contributed by atoms with van der Waals surface area (Å²) in [5.74, 6) is 0. The van der Waals surface area contributed by atoms with Crippen LogP contribution in [-0.2, 0) is 16.1 Å². The number of rotatable bonds is 8. The molecule has 0 spiro atoms. The van der Waals surface area contributed by atoms with E-state index in [1.54, 1.807) is 5.32 Å². The van der Waals surface area contributed by atoms with Crippen molar-refractivity contribution in [2.24, 2.45) is 0 Å². The summed E-state index contributed by atoms with van der Waals surface area (Å²) in [4.78, 5) is 31.3. The van der Waals surface area contributed by atoms with Gasteiger partial charge in [0.2, 0.25) is 12.8 Å². The molecule has 1 unspecified atom stereocenters. The van der Waals surface area contributed by atoms with Gasteiger partial charge in [-0.15, -0.1) is 0 Å². The van der Waals surface area contributed by atoms with E-state index in [-0.39, 0.29) is 0 Å². The Bertz CT molecular complexity index is 472. The van der Waals surface area contributed by atoms with Crippen molar-refractivity contribution in [1.82, 2.24) is 10.2 Å². The number of aldehydes is 1. The monoisotopic (exact) mass is 307 g/mol. The molecule has 0 aliphatic heterocycles. The third-order valence-electron chi connectivity index (χ3n) is 3.38. The Kier molecular flexibility index (Phi) is 10.3. The van der Waals surface area contributed by atoms with Crippen LogP contribution in [0, 0.1) is 0 Å². The highest BCUT2D eigenvalue weighted by Crippen LogP contribution is 2.19. The largest absolute Gasteiger partial charge is 0.398 e. The molecule has 1 aromatic carbocycles. The van der Waals surface area contributed by atoms with Gasteiger partial charge in [-0.3, -0.25) is 19.3 Å². The molecule has 6 nitrogen and oxygen atoms in total. The summed E-state index contributed by atoms with van der Waals surface area (Å²) in [5.41, 5.74) is 8.27. The lowest BCUT2D eigenvalue weighted by Gasteiger charge is -2.25. The zero-order valence-corrected chi connectivity index (χ0v) is 13.4. The topological polar surface area (TPSA) is 92.5 Å². The first-order valence-electron chi connectivity index (χ1n) is 7.17. The summed E-state index contributed by atoms with van der Waals surface area (Å²) in [7, 11) is 2.07. The lowest BCUT2D eigenvalue weighted by Crippen LogP contribution is -2.29. The lowest BCUT2D eigenvalue weighted by molar-refractivity contribution is -0.117. The highest BCUT2D eigenvalue weighted by Gasteiger charge is 2.12. The van der Waals surface area contributed by atoms with Crippen LogP contribution in [0.5, 0.6) is 0 Å². The maximum Gasteiger partial charge on any atom is 0.213 e. The molecule has 0 fully saturated rings. The number of nitrogens with zero attached hydrogens (tertiary/aromatic N) is 1. The second kappa shape index (κ2) is 11.4. The van der Waals surface area contributed by atoms with Crippen LogP contribution in [0.4, 0.5) is 5.69 Å². The minimum absolute atomic E-state index is 0.312. The van der Waals surface area contributed by atoms with Crippen molar-refractivity contribution in [3.05, 3.63) is 29.3 Å². The number of nitrogens with one attached hydrogen (secondary N) is 1. The second-order valence-electron chi connectivity index (χ2n) is 4.99. The summed E-state index contributed by atoms with van der Waals surface area (Å²) in [6.07, 6.45) is 3.82. The number of imide groups is 1. The second-order valence-corrected chi connectivity index (χ2v) is 4.99. The van der Waals surface area contributed by atoms with E-state index >= 15 is 0 Å². The molecule has 0 heterocycles. The van der Waals surface area contributed by atoms with Crippen molar-refractivity contribution in [3.8, 4) is 0 Å². The molecule has 0 aliphatic rings. The maximum absolute atomic E-state index is 11.0. The first kappa shape index (κ1) is 19.8. The number of nitrogens with two attached hydrogens (primary N) is 1. The minimum Gasteiger partial charge on any atom is -0.398 e. The molecule has 0 saturated carbocycles. The number of carbonyl (C=O) groups is 3. The van der Waals surface area contributed by atoms with Crippen molar-refractivity contribution >= 4 is 24.8 Å². The standard InChI is InChI=1S/C14H22N2O.C2H3NO2/c1-4-6-11(2)16(3)9-13-12(10-17)7-5-8-14(13)15;4-1-3-2-5/h5,7-8,10-11H,4,6,9,15H2,1-3H3;1-2H,(H,3,4,5). The summed E-state index contributed by atoms with van der Waals surface area (Å²) >= 11 is 0. The summed E-state index contributed by atoms with van der Waals surface area (Å²) in [6, 6.07) is 5.98. The van der Waals surface area contributed by atoms with Gasteiger partial charge in [-0.1, -0.05) is 25.5 Å². The molecule has 0 radical (unpaired) electrons. The highest BCUT2D eigenvalue weighted by molar-refractivity contribution is 5.80. The van der Waals surface area contributed by atoms with E-state index in [0.717, 1.165) is 31.2 Å². The number of carbonyl (C=O) groups excluding carboxylic acids is 3. The van der Waals surface area contributed by atoms with Crippen LogP contribution in [0.15, 0.2) is 18.2 Å². The van der Waals surface area contributed by atoms with Gasteiger partial charge in [0.05, 0.1) is 0 Å². The molecule has 0 saturated heterocycles. The lowest BCUT2D eigenvalue weighted by atomic mass is 10.0. The van der Waals surface area contributed by atoms with Gasteiger partial charge in [-0.25, -0.2) is 0 Å². The summed E-state index contributed by atoms with van der Waals surface area (Å²) in [5, 5.41) is 1.75. The van der Waals surface area contributed by atoms with Gasteiger partial charge in [-0.2, -0.15) is 0 Å². The van der Waals surface area contributed by atoms with Crippen LogP contribution < -0.4 is 11.1 Å². The van der Waals surface area contributed by atoms with E-state index in [2.05, 4.69) is 25.8 Å². The van der Waals surface area contributed by atoms with Gasteiger partial charge < -0.3 is 11.1 Å². The first-order valence-corrected chi connectivity index (χ1v) is 7.17. The molecule has 1 rings (SSSR count). The third kappa shape index (κ3) is 6.99. The van der Waals surface area contributed by atoms with E-state index in [1.165, 1.54) is 0 Å². The van der Waals surface area contributed by atoms with Crippen LogP contribution in [0.2, 0.25) is 0 Å². The van der Waals surface area contributed by atoms with Gasteiger partial charge >= 0.3 is 0 Å². The van der Waals surface area contributed by atoms with Gasteiger partial charge in [0.25, 0.3) is 0 Å². The smallest absolute Gasteiger partial charge is 0.213 e. The molecule has 122 valence electrons. The van der Waals surface area contributed by atoms with Crippen molar-refractivity contribution in [1.29, 1.82) is 0 Å². The Morgan fingerprint density at radius 1 is 1.27 bits per heavy atom. The Balaban J connectivity index is 0.000000763. The molecule has 2 amide bonds. The fraction of sp³-hybridized carbons (Fsp3) is 0.438. The minimum atomic E-state index is 0.312. The molecule has 22 heavy (non-hydrogen) atoms. The molecule has 1 atom stereocenters. The zero-order valence-electron chi connectivity index (χ0n) is 13.4. The zero-order chi connectivity index (χ0) is 17.0. The number of anilines is 1. The molecular formula is C16H25N3O3. The fourth-order valence-corrected chi connectivity index (χ4v) is 1.99. The van der Waals surface area contributed by atoms with Crippen molar-refractivity contribution in [2.75, 3.05) is 12.8 Å². The van der Waals surface area contributed by atoms with Gasteiger partial charge in [0.15, 0.2) is 0 Å². The maximum atomic E-state index is 11.0. The van der Waals surface area contributed by atoms with Gasteiger partial charge in [0, 0.05) is 23.8 Å². The summed E-state index contributed by atoms with van der Waals surface area (Å²) < 4.78 is 0. The van der Waals surface area contributed by atoms with Gasteiger partial charge in [0.1, 0.15) is 6.29 Å². The Morgan fingerprint density at radius 3 is 2.36 bits per heavy atom. The normalized spacial score (nSPS) is 11.1. The van der Waals surface area contributed by atoms with Crippen LogP contribution in [0.25, 0.3) is 0 Å². The average molecular weight is 307 g/mol. The molecular weight excluding hydrogens is 282 g/mol. The number of hydrogen-bond donors (Lipinski definition) is 2. The Labute approximate surface area is 131 Å². The van der Waals surface area contributed by atoms with Crippen LogP contribution in [-0.4, -0.2) is 37.1 Å². The predicted molar refractivity (Wildman–Crippen MR) is 87.3 cm³/mol. The van der Waals surface area contributed by atoms with Crippen molar-refractivity contribution in [2.45, 2.75) is 39.3 Å². The van der Waals surface area contributed by atoms with Gasteiger partial charge in [-0.05, 0) is 32.0 Å². The van der Waals surface area contributed by atoms with Crippen LogP contribution >= 0.6 is 0 Å². The van der Waals surface area contributed by atoms with E-state index in [9.17, 15) is 4.79 Å². The molecule has 3 N–H and O–H groups in total. The molecule has 1 aromatic rings. The van der Waals surface area contributed by atoms with E-state index in [0.29, 0.717) is 30.1 Å². The molecule has 6 heteroatoms. The van der Waals surface area contributed by atoms with E-state index < -0.39 is 0 Å². The highest BCUT2D eigenvalue weighted by atomic mass is 16.2. The van der Waals surface area contributed by atoms with E-state index in [4.69, 9.17) is 15.3 Å². The van der Waals surface area contributed by atoms with Crippen LogP contribution in [0.3, 0.4) is 0 Å². The predicted octanol–water partition coefficient (Wildman–Crippen LogP) is 1.59. The molecule has 0 bridgehead atoms. The van der Waals surface area contributed by atoms with Crippen molar-refractivity contribution in [3.63, 3.8) is 0 Å². The molecule has 0 aliphatic carbocycles. The Hall–Kier alpha value is -2.21. The molecule has 0 aromatic heterocycles. The quantitative estimate of drug-likeness (QED) is 0.562.